The number of hydrogen-bond donors (Lipinski definition) is 1. The number of amides is 1. The molecule has 0 aromatic heterocycles. The molecule has 0 bridgehead atoms. The molecular weight excluding hydrogens is 336 g/mol. The van der Waals surface area contributed by atoms with Crippen LogP contribution >= 0.6 is 11.6 Å². The fraction of sp³-hybridized carbons (Fsp3) is 0.200. The van der Waals surface area contributed by atoms with E-state index in [1.807, 2.05) is 30.3 Å². The van der Waals surface area contributed by atoms with Crippen molar-refractivity contribution in [3.8, 4) is 11.8 Å². The van der Waals surface area contributed by atoms with Crippen LogP contribution in [0.4, 0.5) is 5.69 Å². The lowest BCUT2D eigenvalue weighted by Gasteiger charge is -2.11. The van der Waals surface area contributed by atoms with Gasteiger partial charge in [0.15, 0.2) is 0 Å². The van der Waals surface area contributed by atoms with Crippen molar-refractivity contribution in [2.24, 2.45) is 5.92 Å². The summed E-state index contributed by atoms with van der Waals surface area (Å²) in [5.41, 5.74) is 1.25. The lowest BCUT2D eigenvalue weighted by molar-refractivity contribution is -0.112. The molecule has 0 unspecified atom stereocenters. The lowest BCUT2D eigenvalue weighted by atomic mass is 10.1. The summed E-state index contributed by atoms with van der Waals surface area (Å²) in [6.07, 6.45) is 1.53. The van der Waals surface area contributed by atoms with Gasteiger partial charge in [-0.25, -0.2) is 0 Å². The van der Waals surface area contributed by atoms with Gasteiger partial charge in [0.2, 0.25) is 0 Å². The summed E-state index contributed by atoms with van der Waals surface area (Å²) in [6, 6.07) is 15.9. The lowest BCUT2D eigenvalue weighted by Crippen LogP contribution is -2.13. The van der Waals surface area contributed by atoms with Gasteiger partial charge in [0.1, 0.15) is 17.4 Å². The summed E-state index contributed by atoms with van der Waals surface area (Å²) < 4.78 is 5.75. The second kappa shape index (κ2) is 8.91. The first kappa shape index (κ1) is 18.6. The van der Waals surface area contributed by atoms with E-state index in [9.17, 15) is 10.1 Å². The van der Waals surface area contributed by atoms with Crippen molar-refractivity contribution in [1.29, 1.82) is 5.26 Å². The molecule has 4 nitrogen and oxygen atoms in total. The van der Waals surface area contributed by atoms with Gasteiger partial charge in [0, 0.05) is 16.3 Å². The zero-order valence-electron chi connectivity index (χ0n) is 14.1. The van der Waals surface area contributed by atoms with Crippen LogP contribution in [-0.4, -0.2) is 12.5 Å². The third kappa shape index (κ3) is 5.66. The SMILES string of the molecule is CC(C)COc1ccccc1/C=C(\C#N)C(=O)Nc1ccc(Cl)cc1. The molecular formula is C20H19ClN2O2. The fourth-order valence-electron chi connectivity index (χ4n) is 2.02. The molecule has 1 N–H and O–H groups in total. The summed E-state index contributed by atoms with van der Waals surface area (Å²) in [5, 5.41) is 12.6. The highest BCUT2D eigenvalue weighted by molar-refractivity contribution is 6.30. The number of benzene rings is 2. The Bertz CT molecular complexity index is 805. The average Bonchev–Trinajstić information content (AvgIpc) is 2.60. The molecule has 0 saturated carbocycles. The Labute approximate surface area is 152 Å². The van der Waals surface area contributed by atoms with Gasteiger partial charge in [0.25, 0.3) is 5.91 Å². The van der Waals surface area contributed by atoms with Gasteiger partial charge in [-0.3, -0.25) is 4.79 Å². The van der Waals surface area contributed by atoms with E-state index in [1.165, 1.54) is 6.08 Å². The van der Waals surface area contributed by atoms with E-state index in [-0.39, 0.29) is 5.57 Å². The number of rotatable bonds is 6. The third-order valence-electron chi connectivity index (χ3n) is 3.26. The van der Waals surface area contributed by atoms with Crippen LogP contribution in [0.3, 0.4) is 0 Å². The highest BCUT2D eigenvalue weighted by atomic mass is 35.5. The molecule has 0 aliphatic heterocycles. The third-order valence-corrected chi connectivity index (χ3v) is 3.51. The molecule has 0 saturated heterocycles. The van der Waals surface area contributed by atoms with Crippen molar-refractivity contribution in [3.63, 3.8) is 0 Å². The highest BCUT2D eigenvalue weighted by Gasteiger charge is 2.11. The molecule has 25 heavy (non-hydrogen) atoms. The summed E-state index contributed by atoms with van der Waals surface area (Å²) in [6.45, 7) is 4.67. The monoisotopic (exact) mass is 354 g/mol. The van der Waals surface area contributed by atoms with Crippen LogP contribution in [0.2, 0.25) is 5.02 Å². The van der Waals surface area contributed by atoms with Gasteiger partial charge in [-0.15, -0.1) is 0 Å². The Morgan fingerprint density at radius 2 is 1.92 bits per heavy atom. The van der Waals surface area contributed by atoms with Crippen LogP contribution in [0, 0.1) is 17.2 Å². The van der Waals surface area contributed by atoms with Gasteiger partial charge in [0.05, 0.1) is 6.61 Å². The Balaban J connectivity index is 2.20. The maximum absolute atomic E-state index is 12.3. The first-order valence-corrected chi connectivity index (χ1v) is 8.28. The number of para-hydroxylation sites is 1. The van der Waals surface area contributed by atoms with E-state index in [4.69, 9.17) is 16.3 Å². The fourth-order valence-corrected chi connectivity index (χ4v) is 2.15. The van der Waals surface area contributed by atoms with Crippen molar-refractivity contribution < 1.29 is 9.53 Å². The molecule has 2 aromatic rings. The Hall–Kier alpha value is -2.77. The predicted molar refractivity (Wildman–Crippen MR) is 100 cm³/mol. The molecule has 5 heteroatoms. The van der Waals surface area contributed by atoms with E-state index in [0.29, 0.717) is 34.5 Å². The Kier molecular flexibility index (Phi) is 6.62. The molecule has 0 spiro atoms. The molecule has 0 heterocycles. The van der Waals surface area contributed by atoms with Crippen molar-refractivity contribution in [2.75, 3.05) is 11.9 Å². The van der Waals surface area contributed by atoms with Gasteiger partial charge >= 0.3 is 0 Å². The number of carbonyl (C=O) groups excluding carboxylic acids is 1. The zero-order chi connectivity index (χ0) is 18.2. The molecule has 128 valence electrons. The predicted octanol–water partition coefficient (Wildman–Crippen LogP) is 4.92. The molecule has 0 radical (unpaired) electrons. The minimum Gasteiger partial charge on any atom is -0.493 e. The minimum absolute atomic E-state index is 0.00412. The largest absolute Gasteiger partial charge is 0.493 e. The van der Waals surface area contributed by atoms with E-state index < -0.39 is 5.91 Å². The number of anilines is 1. The molecule has 0 aliphatic rings. The quantitative estimate of drug-likeness (QED) is 0.591. The van der Waals surface area contributed by atoms with Crippen LogP contribution < -0.4 is 10.1 Å². The van der Waals surface area contributed by atoms with Crippen LogP contribution in [0.15, 0.2) is 54.1 Å². The van der Waals surface area contributed by atoms with Crippen LogP contribution in [0.1, 0.15) is 19.4 Å². The maximum atomic E-state index is 12.3. The van der Waals surface area contributed by atoms with Crippen LogP contribution in [0.25, 0.3) is 6.08 Å². The van der Waals surface area contributed by atoms with E-state index in [1.54, 1.807) is 24.3 Å². The molecule has 2 rings (SSSR count). The zero-order valence-corrected chi connectivity index (χ0v) is 14.9. The molecule has 0 aliphatic carbocycles. The highest BCUT2D eigenvalue weighted by Crippen LogP contribution is 2.22. The summed E-state index contributed by atoms with van der Waals surface area (Å²) in [5.74, 6) is 0.535. The summed E-state index contributed by atoms with van der Waals surface area (Å²) in [7, 11) is 0. The standard InChI is InChI=1S/C20H19ClN2O2/c1-14(2)13-25-19-6-4-3-5-15(19)11-16(12-22)20(24)23-18-9-7-17(21)8-10-18/h3-11,14H,13H2,1-2H3,(H,23,24)/b16-11+. The first-order chi connectivity index (χ1) is 12.0. The molecule has 2 aromatic carbocycles. The Morgan fingerprint density at radius 3 is 2.56 bits per heavy atom. The maximum Gasteiger partial charge on any atom is 0.266 e. The van der Waals surface area contributed by atoms with Gasteiger partial charge < -0.3 is 10.1 Å². The first-order valence-electron chi connectivity index (χ1n) is 7.90. The number of carbonyl (C=O) groups is 1. The van der Waals surface area contributed by atoms with Crippen LogP contribution in [-0.2, 0) is 4.79 Å². The minimum atomic E-state index is -0.483. The van der Waals surface area contributed by atoms with Crippen molar-refractivity contribution in [3.05, 3.63) is 64.7 Å². The average molecular weight is 355 g/mol. The van der Waals surface area contributed by atoms with Crippen molar-refractivity contribution in [1.82, 2.24) is 0 Å². The van der Waals surface area contributed by atoms with Crippen molar-refractivity contribution in [2.45, 2.75) is 13.8 Å². The number of hydrogen-bond acceptors (Lipinski definition) is 3. The van der Waals surface area contributed by atoms with Gasteiger partial charge in [-0.05, 0) is 42.3 Å². The number of halogens is 1. The van der Waals surface area contributed by atoms with E-state index in [0.717, 1.165) is 0 Å². The Morgan fingerprint density at radius 1 is 1.24 bits per heavy atom. The number of nitrogens with one attached hydrogen (secondary N) is 1. The number of ether oxygens (including phenoxy) is 1. The smallest absolute Gasteiger partial charge is 0.266 e. The van der Waals surface area contributed by atoms with Crippen LogP contribution in [0.5, 0.6) is 5.75 Å². The molecule has 0 fully saturated rings. The molecule has 1 amide bonds. The molecule has 0 atom stereocenters. The summed E-state index contributed by atoms with van der Waals surface area (Å²) >= 11 is 5.82. The van der Waals surface area contributed by atoms with Gasteiger partial charge in [-0.1, -0.05) is 43.6 Å². The van der Waals surface area contributed by atoms with E-state index >= 15 is 0 Å². The second-order valence-corrected chi connectivity index (χ2v) is 6.31. The summed E-state index contributed by atoms with van der Waals surface area (Å²) in [4.78, 5) is 12.3. The normalized spacial score (nSPS) is 11.1. The van der Waals surface area contributed by atoms with Gasteiger partial charge in [-0.2, -0.15) is 5.26 Å². The van der Waals surface area contributed by atoms with Crippen molar-refractivity contribution >= 4 is 29.3 Å². The number of nitriles is 1. The topological polar surface area (TPSA) is 62.1 Å². The van der Waals surface area contributed by atoms with E-state index in [2.05, 4.69) is 19.2 Å². The second-order valence-electron chi connectivity index (χ2n) is 5.87. The number of nitrogens with zero attached hydrogens (tertiary/aromatic N) is 1.